The highest BCUT2D eigenvalue weighted by Crippen LogP contribution is 2.41. The first-order valence-corrected chi connectivity index (χ1v) is 10.7. The summed E-state index contributed by atoms with van der Waals surface area (Å²) in [6.45, 7) is 6.07. The highest BCUT2D eigenvalue weighted by molar-refractivity contribution is 6.47. The van der Waals surface area contributed by atoms with Gasteiger partial charge in [-0.25, -0.2) is 4.39 Å². The number of hydrogen-bond donors (Lipinski definition) is 1. The van der Waals surface area contributed by atoms with Crippen LogP contribution in [-0.2, 0) is 14.3 Å². The van der Waals surface area contributed by atoms with Gasteiger partial charge < -0.3 is 19.5 Å². The number of nitrogens with zero attached hydrogens (tertiary/aromatic N) is 1. The molecule has 1 N–H and O–H groups in total. The highest BCUT2D eigenvalue weighted by atomic mass is 35.5. The molecule has 2 aromatic carbocycles. The maximum Gasteiger partial charge on any atom is 0.295 e. The Bertz CT molecular complexity index is 1050. The summed E-state index contributed by atoms with van der Waals surface area (Å²) in [6, 6.07) is 9.33. The summed E-state index contributed by atoms with van der Waals surface area (Å²) in [5, 5.41) is 11.3. The van der Waals surface area contributed by atoms with Gasteiger partial charge in [-0.2, -0.15) is 0 Å². The molecule has 2 aromatic rings. The van der Waals surface area contributed by atoms with Gasteiger partial charge in [-0.05, 0) is 45.0 Å². The molecule has 8 heteroatoms. The Morgan fingerprint density at radius 2 is 1.94 bits per heavy atom. The number of rotatable bonds is 8. The van der Waals surface area contributed by atoms with Crippen molar-refractivity contribution in [1.82, 2.24) is 4.90 Å². The molecule has 0 bridgehead atoms. The number of aliphatic hydroxyl groups excluding tert-OH is 1. The first-order valence-electron chi connectivity index (χ1n) is 10.3. The van der Waals surface area contributed by atoms with Crippen molar-refractivity contribution in [3.05, 3.63) is 70.0 Å². The van der Waals surface area contributed by atoms with Crippen molar-refractivity contribution in [2.24, 2.45) is 0 Å². The molecule has 1 unspecified atom stereocenters. The molecule has 0 spiro atoms. The van der Waals surface area contributed by atoms with E-state index in [1.165, 1.54) is 35.2 Å². The number of hydrogen-bond acceptors (Lipinski definition) is 5. The zero-order chi connectivity index (χ0) is 23.4. The Kier molecular flexibility index (Phi) is 7.53. The van der Waals surface area contributed by atoms with Crippen molar-refractivity contribution < 1.29 is 28.6 Å². The Hall–Kier alpha value is -2.90. The largest absolute Gasteiger partial charge is 0.507 e. The van der Waals surface area contributed by atoms with Crippen LogP contribution in [0.15, 0.2) is 48.0 Å². The molecule has 1 aliphatic heterocycles. The van der Waals surface area contributed by atoms with Crippen LogP contribution in [0.1, 0.15) is 37.9 Å². The van der Waals surface area contributed by atoms with Gasteiger partial charge in [0.15, 0.2) is 0 Å². The maximum absolute atomic E-state index is 14.8. The standard InChI is InChI=1S/C24H25ClFNO5/c1-4-31-15-9-10-18(25)17(13-15)22(28)20-21(16-7-5-6-8-19(16)26)27(24(30)23(20)29)11-12-32-14(2)3/h5-10,13-14,21,28H,4,11-12H2,1-3H3/b22-20+. The highest BCUT2D eigenvalue weighted by Gasteiger charge is 2.47. The van der Waals surface area contributed by atoms with Gasteiger partial charge in [0.2, 0.25) is 0 Å². The molecule has 0 aliphatic carbocycles. The lowest BCUT2D eigenvalue weighted by atomic mass is 9.95. The van der Waals surface area contributed by atoms with Gasteiger partial charge in [0.1, 0.15) is 17.3 Å². The molecule has 1 aliphatic rings. The number of benzene rings is 2. The van der Waals surface area contributed by atoms with Crippen molar-refractivity contribution in [3.8, 4) is 5.75 Å². The van der Waals surface area contributed by atoms with Crippen LogP contribution in [0.5, 0.6) is 5.75 Å². The molecule has 170 valence electrons. The predicted molar refractivity (Wildman–Crippen MR) is 119 cm³/mol. The summed E-state index contributed by atoms with van der Waals surface area (Å²) in [4.78, 5) is 27.1. The predicted octanol–water partition coefficient (Wildman–Crippen LogP) is 4.72. The zero-order valence-electron chi connectivity index (χ0n) is 18.1. The number of Topliss-reactive ketones (excluding diaryl/α,β-unsaturated/α-hetero) is 1. The molecule has 1 fully saturated rings. The molecular weight excluding hydrogens is 437 g/mol. The van der Waals surface area contributed by atoms with E-state index in [1.807, 2.05) is 13.8 Å². The smallest absolute Gasteiger partial charge is 0.295 e. The molecule has 1 atom stereocenters. The Morgan fingerprint density at radius 3 is 2.59 bits per heavy atom. The average Bonchev–Trinajstić information content (AvgIpc) is 3.00. The number of ketones is 1. The fourth-order valence-electron chi connectivity index (χ4n) is 3.60. The van der Waals surface area contributed by atoms with E-state index in [2.05, 4.69) is 0 Å². The second kappa shape index (κ2) is 10.1. The van der Waals surface area contributed by atoms with E-state index in [9.17, 15) is 19.1 Å². The van der Waals surface area contributed by atoms with Gasteiger partial charge in [-0.3, -0.25) is 9.59 Å². The summed E-state index contributed by atoms with van der Waals surface area (Å²) in [5.74, 6) is -2.42. The van der Waals surface area contributed by atoms with Gasteiger partial charge in [0.25, 0.3) is 11.7 Å². The number of likely N-dealkylation sites (tertiary alicyclic amines) is 1. The Balaban J connectivity index is 2.15. The fourth-order valence-corrected chi connectivity index (χ4v) is 3.81. The number of halogens is 2. The van der Waals surface area contributed by atoms with Crippen molar-refractivity contribution in [1.29, 1.82) is 0 Å². The Labute approximate surface area is 191 Å². The van der Waals surface area contributed by atoms with Crippen LogP contribution in [0, 0.1) is 5.82 Å². The van der Waals surface area contributed by atoms with E-state index in [0.717, 1.165) is 0 Å². The molecular formula is C24H25ClFNO5. The number of carbonyl (C=O) groups excluding carboxylic acids is 2. The van der Waals surface area contributed by atoms with Gasteiger partial charge >= 0.3 is 0 Å². The van der Waals surface area contributed by atoms with Crippen LogP contribution in [0.2, 0.25) is 5.02 Å². The first kappa shape index (κ1) is 23.8. The molecule has 0 aromatic heterocycles. The van der Waals surface area contributed by atoms with Crippen molar-refractivity contribution in [3.63, 3.8) is 0 Å². The molecule has 0 radical (unpaired) electrons. The molecule has 3 rings (SSSR count). The van der Waals surface area contributed by atoms with Crippen LogP contribution in [-0.4, -0.2) is 47.6 Å². The quantitative estimate of drug-likeness (QED) is 0.349. The third-order valence-electron chi connectivity index (χ3n) is 5.03. The summed E-state index contributed by atoms with van der Waals surface area (Å²) < 4.78 is 25.8. The second-order valence-corrected chi connectivity index (χ2v) is 7.92. The van der Waals surface area contributed by atoms with Crippen LogP contribution in [0.25, 0.3) is 5.76 Å². The SMILES string of the molecule is CCOc1ccc(Cl)c(/C(O)=C2\C(=O)C(=O)N(CCOC(C)C)C2c2ccccc2F)c1. The van der Waals surface area contributed by atoms with Crippen LogP contribution in [0.3, 0.4) is 0 Å². The summed E-state index contributed by atoms with van der Waals surface area (Å²) in [7, 11) is 0. The zero-order valence-corrected chi connectivity index (χ0v) is 18.9. The normalized spacial score (nSPS) is 17.9. The first-order chi connectivity index (χ1) is 15.3. The van der Waals surface area contributed by atoms with Gasteiger partial charge in [0.05, 0.1) is 36.0 Å². The van der Waals surface area contributed by atoms with Gasteiger partial charge in [-0.15, -0.1) is 0 Å². The third-order valence-corrected chi connectivity index (χ3v) is 5.36. The van der Waals surface area contributed by atoms with Crippen molar-refractivity contribution in [2.75, 3.05) is 19.8 Å². The molecule has 0 saturated carbocycles. The van der Waals surface area contributed by atoms with E-state index < -0.39 is 29.3 Å². The van der Waals surface area contributed by atoms with Crippen LogP contribution >= 0.6 is 11.6 Å². The monoisotopic (exact) mass is 461 g/mol. The maximum atomic E-state index is 14.8. The topological polar surface area (TPSA) is 76.1 Å². The van der Waals surface area contributed by atoms with Crippen molar-refractivity contribution in [2.45, 2.75) is 32.9 Å². The fraction of sp³-hybridized carbons (Fsp3) is 0.333. The average molecular weight is 462 g/mol. The molecule has 32 heavy (non-hydrogen) atoms. The second-order valence-electron chi connectivity index (χ2n) is 7.51. The molecule has 1 amide bonds. The van der Waals surface area contributed by atoms with Gasteiger partial charge in [-0.1, -0.05) is 29.8 Å². The van der Waals surface area contributed by atoms with E-state index in [0.29, 0.717) is 12.4 Å². The molecule has 1 heterocycles. The Morgan fingerprint density at radius 1 is 1.22 bits per heavy atom. The lowest BCUT2D eigenvalue weighted by Gasteiger charge is -2.26. The number of amides is 1. The molecule has 1 saturated heterocycles. The number of ether oxygens (including phenoxy) is 2. The summed E-state index contributed by atoms with van der Waals surface area (Å²) in [6.07, 6.45) is -0.0844. The van der Waals surface area contributed by atoms with Crippen LogP contribution in [0.4, 0.5) is 4.39 Å². The number of aliphatic hydroxyl groups is 1. The minimum absolute atomic E-state index is 0.0469. The summed E-state index contributed by atoms with van der Waals surface area (Å²) in [5.41, 5.74) is -0.0227. The third kappa shape index (κ3) is 4.79. The lowest BCUT2D eigenvalue weighted by Crippen LogP contribution is -2.33. The van der Waals surface area contributed by atoms with Crippen LogP contribution < -0.4 is 4.74 Å². The summed E-state index contributed by atoms with van der Waals surface area (Å²) >= 11 is 6.28. The minimum atomic E-state index is -1.13. The minimum Gasteiger partial charge on any atom is -0.507 e. The lowest BCUT2D eigenvalue weighted by molar-refractivity contribution is -0.140. The number of carbonyl (C=O) groups is 2. The van der Waals surface area contributed by atoms with E-state index in [-0.39, 0.29) is 41.0 Å². The van der Waals surface area contributed by atoms with E-state index in [4.69, 9.17) is 21.1 Å². The molecule has 6 nitrogen and oxygen atoms in total. The van der Waals surface area contributed by atoms with E-state index in [1.54, 1.807) is 19.1 Å². The van der Waals surface area contributed by atoms with Gasteiger partial charge in [0, 0.05) is 17.7 Å². The van der Waals surface area contributed by atoms with Crippen molar-refractivity contribution >= 4 is 29.1 Å². The van der Waals surface area contributed by atoms with E-state index >= 15 is 0 Å².